The van der Waals surface area contributed by atoms with E-state index < -0.39 is 24.4 Å². The first-order valence-corrected chi connectivity index (χ1v) is 3.92. The van der Waals surface area contributed by atoms with Gasteiger partial charge < -0.3 is 5.11 Å². The summed E-state index contributed by atoms with van der Waals surface area (Å²) in [7, 11) is 0. The molecule has 0 radical (unpaired) electrons. The van der Waals surface area contributed by atoms with Crippen molar-refractivity contribution in [1.29, 1.82) is 0 Å². The van der Waals surface area contributed by atoms with Crippen LogP contribution in [0.4, 0.5) is 26.3 Å². The Kier molecular flexibility index (Phi) is 4.21. The van der Waals surface area contributed by atoms with E-state index in [0.29, 0.717) is 6.08 Å². The molecule has 1 nitrogen and oxygen atoms in total. The molecule has 0 aromatic carbocycles. The zero-order valence-corrected chi connectivity index (χ0v) is 7.95. The van der Waals surface area contributed by atoms with Crippen molar-refractivity contribution >= 4 is 0 Å². The summed E-state index contributed by atoms with van der Waals surface area (Å²) in [5.74, 6) is -3.74. The zero-order chi connectivity index (χ0) is 12.4. The Hall–Kier alpha value is -0.720. The number of hydrogen-bond acceptors (Lipinski definition) is 1. The van der Waals surface area contributed by atoms with Gasteiger partial charge in [-0.15, -0.1) is 0 Å². The molecule has 0 aliphatic carbocycles. The van der Waals surface area contributed by atoms with Gasteiger partial charge in [0.15, 0.2) is 5.92 Å². The van der Waals surface area contributed by atoms with E-state index in [4.69, 9.17) is 5.11 Å². The predicted molar refractivity (Wildman–Crippen MR) is 41.0 cm³/mol. The lowest BCUT2D eigenvalue weighted by Gasteiger charge is -2.25. The van der Waals surface area contributed by atoms with Crippen LogP contribution in [0.15, 0.2) is 11.6 Å². The molecule has 0 aliphatic heterocycles. The molecule has 0 fully saturated rings. The van der Waals surface area contributed by atoms with Gasteiger partial charge in [-0.3, -0.25) is 0 Å². The number of hydrogen-bond donors (Lipinski definition) is 1. The standard InChI is InChI=1S/C8H10F6O/c1-4(2)3-5(15)6(7(9,10)11)8(12,13)14/h3,5-6,15H,1-2H3. The minimum atomic E-state index is -5.51. The van der Waals surface area contributed by atoms with Crippen LogP contribution in [0, 0.1) is 5.92 Å². The summed E-state index contributed by atoms with van der Waals surface area (Å²) in [4.78, 5) is 0. The summed E-state index contributed by atoms with van der Waals surface area (Å²) in [5.41, 5.74) is 0.181. The van der Waals surface area contributed by atoms with Crippen molar-refractivity contribution in [2.24, 2.45) is 5.92 Å². The van der Waals surface area contributed by atoms with Crippen LogP contribution in [0.2, 0.25) is 0 Å². The van der Waals surface area contributed by atoms with Gasteiger partial charge in [0.25, 0.3) is 0 Å². The van der Waals surface area contributed by atoms with Crippen LogP contribution in [0.3, 0.4) is 0 Å². The molecular formula is C8H10F6O. The Balaban J connectivity index is 5.06. The number of aliphatic hydroxyl groups excluding tert-OH is 1. The minimum absolute atomic E-state index is 0.181. The van der Waals surface area contributed by atoms with E-state index in [2.05, 4.69) is 0 Å². The maximum Gasteiger partial charge on any atom is 0.403 e. The second kappa shape index (κ2) is 4.42. The van der Waals surface area contributed by atoms with Gasteiger partial charge >= 0.3 is 12.4 Å². The van der Waals surface area contributed by atoms with E-state index in [1.807, 2.05) is 0 Å². The fraction of sp³-hybridized carbons (Fsp3) is 0.750. The van der Waals surface area contributed by atoms with Gasteiger partial charge in [-0.1, -0.05) is 11.6 Å². The number of aliphatic hydroxyl groups is 1. The third kappa shape index (κ3) is 4.55. The number of halogens is 6. The molecule has 0 aromatic rings. The molecule has 0 bridgehead atoms. The van der Waals surface area contributed by atoms with Crippen LogP contribution in [-0.2, 0) is 0 Å². The summed E-state index contributed by atoms with van der Waals surface area (Å²) in [6, 6.07) is 0. The average Bonchev–Trinajstić information content (AvgIpc) is 1.74. The Bertz CT molecular complexity index is 220. The Morgan fingerprint density at radius 2 is 1.33 bits per heavy atom. The highest BCUT2D eigenvalue weighted by Gasteiger charge is 2.59. The van der Waals surface area contributed by atoms with E-state index in [1.165, 1.54) is 13.8 Å². The molecule has 1 atom stereocenters. The molecule has 1 N–H and O–H groups in total. The largest absolute Gasteiger partial charge is 0.403 e. The highest BCUT2D eigenvalue weighted by Crippen LogP contribution is 2.41. The smallest absolute Gasteiger partial charge is 0.388 e. The highest BCUT2D eigenvalue weighted by molar-refractivity contribution is 5.02. The van der Waals surface area contributed by atoms with Crippen molar-refractivity contribution in [3.05, 3.63) is 11.6 Å². The van der Waals surface area contributed by atoms with Gasteiger partial charge in [-0.2, -0.15) is 26.3 Å². The molecule has 7 heteroatoms. The van der Waals surface area contributed by atoms with Crippen LogP contribution in [0.5, 0.6) is 0 Å². The van der Waals surface area contributed by atoms with Gasteiger partial charge in [0.05, 0.1) is 6.10 Å². The molecule has 0 saturated heterocycles. The Morgan fingerprint density at radius 3 is 1.53 bits per heavy atom. The van der Waals surface area contributed by atoms with Crippen LogP contribution < -0.4 is 0 Å². The maximum atomic E-state index is 12.0. The molecule has 1 unspecified atom stereocenters. The lowest BCUT2D eigenvalue weighted by molar-refractivity contribution is -0.300. The lowest BCUT2D eigenvalue weighted by Crippen LogP contribution is -2.44. The summed E-state index contributed by atoms with van der Waals surface area (Å²) < 4.78 is 72.0. The van der Waals surface area contributed by atoms with Gasteiger partial charge in [-0.05, 0) is 13.8 Å². The van der Waals surface area contributed by atoms with E-state index in [-0.39, 0.29) is 5.57 Å². The molecule has 0 aromatic heterocycles. The third-order valence-corrected chi connectivity index (χ3v) is 1.55. The monoisotopic (exact) mass is 236 g/mol. The van der Waals surface area contributed by atoms with E-state index in [9.17, 15) is 26.3 Å². The Labute approximate surface area is 82.4 Å². The molecule has 0 spiro atoms. The summed E-state index contributed by atoms with van der Waals surface area (Å²) in [6.45, 7) is 2.60. The number of alkyl halides is 6. The van der Waals surface area contributed by atoms with Crippen molar-refractivity contribution in [3.63, 3.8) is 0 Å². The van der Waals surface area contributed by atoms with Gasteiger partial charge in [0, 0.05) is 0 Å². The molecule has 0 amide bonds. The molecule has 0 aliphatic rings. The summed E-state index contributed by atoms with van der Waals surface area (Å²) >= 11 is 0. The van der Waals surface area contributed by atoms with Crippen molar-refractivity contribution in [2.45, 2.75) is 32.3 Å². The first kappa shape index (κ1) is 14.3. The first-order valence-electron chi connectivity index (χ1n) is 3.92. The Morgan fingerprint density at radius 1 is 1.00 bits per heavy atom. The zero-order valence-electron chi connectivity index (χ0n) is 7.95. The normalized spacial score (nSPS) is 15.3. The van der Waals surface area contributed by atoms with Crippen LogP contribution in [-0.4, -0.2) is 23.6 Å². The van der Waals surface area contributed by atoms with Crippen LogP contribution in [0.1, 0.15) is 13.8 Å². The van der Waals surface area contributed by atoms with E-state index in [1.54, 1.807) is 0 Å². The number of allylic oxidation sites excluding steroid dienone is 1. The van der Waals surface area contributed by atoms with E-state index in [0.717, 1.165) is 0 Å². The molecule has 90 valence electrons. The van der Waals surface area contributed by atoms with Crippen LogP contribution in [0.25, 0.3) is 0 Å². The third-order valence-electron chi connectivity index (χ3n) is 1.55. The fourth-order valence-corrected chi connectivity index (χ4v) is 1.01. The predicted octanol–water partition coefficient (Wildman–Crippen LogP) is 3.05. The quantitative estimate of drug-likeness (QED) is 0.577. The molecule has 0 saturated carbocycles. The second-order valence-electron chi connectivity index (χ2n) is 3.30. The van der Waals surface area contributed by atoms with E-state index >= 15 is 0 Å². The van der Waals surface area contributed by atoms with Crippen molar-refractivity contribution in [2.75, 3.05) is 0 Å². The number of rotatable bonds is 2. The van der Waals surface area contributed by atoms with Crippen molar-refractivity contribution in [1.82, 2.24) is 0 Å². The van der Waals surface area contributed by atoms with Crippen molar-refractivity contribution in [3.8, 4) is 0 Å². The lowest BCUT2D eigenvalue weighted by atomic mass is 9.99. The van der Waals surface area contributed by atoms with Gasteiger partial charge in [0.1, 0.15) is 0 Å². The van der Waals surface area contributed by atoms with Gasteiger partial charge in [-0.25, -0.2) is 0 Å². The maximum absolute atomic E-state index is 12.0. The molecule has 0 rings (SSSR count). The van der Waals surface area contributed by atoms with Gasteiger partial charge in [0.2, 0.25) is 0 Å². The second-order valence-corrected chi connectivity index (χ2v) is 3.30. The average molecular weight is 236 g/mol. The fourth-order valence-electron chi connectivity index (χ4n) is 1.01. The summed E-state index contributed by atoms with van der Waals surface area (Å²) in [6.07, 6.45) is -13.1. The minimum Gasteiger partial charge on any atom is -0.388 e. The van der Waals surface area contributed by atoms with Crippen molar-refractivity contribution < 1.29 is 31.4 Å². The first-order chi connectivity index (χ1) is 6.46. The topological polar surface area (TPSA) is 20.2 Å². The molecule has 15 heavy (non-hydrogen) atoms. The highest BCUT2D eigenvalue weighted by atomic mass is 19.4. The molecular weight excluding hydrogens is 226 g/mol. The molecule has 0 heterocycles. The SMILES string of the molecule is CC(C)=CC(O)C(C(F)(F)F)C(F)(F)F. The summed E-state index contributed by atoms with van der Waals surface area (Å²) in [5, 5.41) is 8.83. The van der Waals surface area contributed by atoms with Crippen LogP contribution >= 0.6 is 0 Å².